The zero-order valence-corrected chi connectivity index (χ0v) is 12.2. The lowest BCUT2D eigenvalue weighted by Crippen LogP contribution is -2.12. The van der Waals surface area contributed by atoms with E-state index in [0.29, 0.717) is 11.4 Å². The molecule has 0 heterocycles. The molecule has 0 fully saturated rings. The van der Waals surface area contributed by atoms with Crippen LogP contribution < -0.4 is 10.1 Å². The summed E-state index contributed by atoms with van der Waals surface area (Å²) in [4.78, 5) is 12.2. The fourth-order valence-corrected chi connectivity index (χ4v) is 1.92. The molecular formula is C16H16N2O4. The van der Waals surface area contributed by atoms with Crippen molar-refractivity contribution in [2.75, 3.05) is 12.4 Å². The lowest BCUT2D eigenvalue weighted by Gasteiger charge is -2.10. The van der Waals surface area contributed by atoms with Gasteiger partial charge in [0.1, 0.15) is 0 Å². The minimum absolute atomic E-state index is 0.122. The molecule has 6 heteroatoms. The molecule has 0 unspecified atom stereocenters. The summed E-state index contributed by atoms with van der Waals surface area (Å²) >= 11 is 0. The smallest absolute Gasteiger partial charge is 0.259 e. The summed E-state index contributed by atoms with van der Waals surface area (Å²) in [5.74, 6) is -0.420. The fourth-order valence-electron chi connectivity index (χ4n) is 1.92. The fraction of sp³-hybridized carbons (Fsp3) is 0.125. The number of hydrogen-bond donors (Lipinski definition) is 3. The van der Waals surface area contributed by atoms with E-state index in [0.717, 1.165) is 5.56 Å². The van der Waals surface area contributed by atoms with E-state index in [1.54, 1.807) is 43.3 Å². The Morgan fingerprint density at radius 1 is 1.18 bits per heavy atom. The Morgan fingerprint density at radius 3 is 2.45 bits per heavy atom. The van der Waals surface area contributed by atoms with Crippen LogP contribution in [0.2, 0.25) is 0 Å². The van der Waals surface area contributed by atoms with Crippen LogP contribution in [0.15, 0.2) is 47.6 Å². The molecule has 0 aliphatic heterocycles. The molecule has 2 aromatic rings. The highest BCUT2D eigenvalue weighted by atomic mass is 16.5. The number of phenolic OH excluding ortho intramolecular Hbond substituents is 1. The number of nitrogens with zero attached hydrogens (tertiary/aromatic N) is 1. The van der Waals surface area contributed by atoms with Crippen molar-refractivity contribution in [2.24, 2.45) is 5.16 Å². The summed E-state index contributed by atoms with van der Waals surface area (Å²) in [7, 11) is 1.42. The van der Waals surface area contributed by atoms with Crippen LogP contribution in [0.4, 0.5) is 5.69 Å². The number of amides is 1. The SMILES string of the molecule is COc1cccc(C(=O)Nc2ccc(/C(C)=N/O)cc2)c1O. The van der Waals surface area contributed by atoms with Gasteiger partial charge < -0.3 is 20.4 Å². The van der Waals surface area contributed by atoms with Gasteiger partial charge in [-0.15, -0.1) is 0 Å². The van der Waals surface area contributed by atoms with Crippen LogP contribution in [0.5, 0.6) is 11.5 Å². The van der Waals surface area contributed by atoms with E-state index < -0.39 is 5.91 Å². The molecule has 2 aromatic carbocycles. The maximum atomic E-state index is 12.2. The first kappa shape index (κ1) is 15.4. The monoisotopic (exact) mass is 300 g/mol. The number of hydrogen-bond acceptors (Lipinski definition) is 5. The average Bonchev–Trinajstić information content (AvgIpc) is 2.55. The van der Waals surface area contributed by atoms with Crippen molar-refractivity contribution in [3.05, 3.63) is 53.6 Å². The molecule has 114 valence electrons. The Morgan fingerprint density at radius 2 is 1.86 bits per heavy atom. The second kappa shape index (κ2) is 6.62. The molecule has 3 N–H and O–H groups in total. The minimum Gasteiger partial charge on any atom is -0.504 e. The highest BCUT2D eigenvalue weighted by Gasteiger charge is 2.14. The van der Waals surface area contributed by atoms with Gasteiger partial charge in [0, 0.05) is 5.69 Å². The lowest BCUT2D eigenvalue weighted by atomic mass is 10.1. The van der Waals surface area contributed by atoms with Crippen LogP contribution in [-0.2, 0) is 0 Å². The van der Waals surface area contributed by atoms with Crippen LogP contribution in [0, 0.1) is 0 Å². The van der Waals surface area contributed by atoms with Crippen LogP contribution in [0.3, 0.4) is 0 Å². The highest BCUT2D eigenvalue weighted by Crippen LogP contribution is 2.29. The second-order valence-corrected chi connectivity index (χ2v) is 4.57. The van der Waals surface area contributed by atoms with Crippen molar-refractivity contribution in [1.29, 1.82) is 0 Å². The topological polar surface area (TPSA) is 91.2 Å². The summed E-state index contributed by atoms with van der Waals surface area (Å²) in [6.07, 6.45) is 0. The third-order valence-corrected chi connectivity index (χ3v) is 3.17. The number of aromatic hydroxyl groups is 1. The Balaban J connectivity index is 2.19. The Bertz CT molecular complexity index is 709. The standard InChI is InChI=1S/C16H16N2O4/c1-10(18-21)11-6-8-12(9-7-11)17-16(20)13-4-3-5-14(22-2)15(13)19/h3-9,19,21H,1-2H3,(H,17,20)/b18-10+. The third-order valence-electron chi connectivity index (χ3n) is 3.17. The summed E-state index contributed by atoms with van der Waals surface area (Å²) < 4.78 is 4.97. The summed E-state index contributed by atoms with van der Waals surface area (Å²) in [6, 6.07) is 11.5. The van der Waals surface area contributed by atoms with E-state index in [1.165, 1.54) is 13.2 Å². The van der Waals surface area contributed by atoms with Gasteiger partial charge in [-0.1, -0.05) is 23.4 Å². The predicted molar refractivity (Wildman–Crippen MR) is 83.1 cm³/mol. The number of oxime groups is 1. The van der Waals surface area contributed by atoms with Gasteiger partial charge in [-0.2, -0.15) is 0 Å². The van der Waals surface area contributed by atoms with Crippen molar-refractivity contribution >= 4 is 17.3 Å². The van der Waals surface area contributed by atoms with Crippen molar-refractivity contribution < 1.29 is 19.8 Å². The van der Waals surface area contributed by atoms with Gasteiger partial charge in [0.05, 0.1) is 18.4 Å². The molecule has 0 radical (unpaired) electrons. The first-order valence-electron chi connectivity index (χ1n) is 6.53. The number of para-hydroxylation sites is 1. The van der Waals surface area contributed by atoms with E-state index in [1.807, 2.05) is 0 Å². The van der Waals surface area contributed by atoms with Gasteiger partial charge in [-0.25, -0.2) is 0 Å². The lowest BCUT2D eigenvalue weighted by molar-refractivity contribution is 0.102. The average molecular weight is 300 g/mol. The molecule has 0 aliphatic carbocycles. The van der Waals surface area contributed by atoms with Crippen LogP contribution >= 0.6 is 0 Å². The molecule has 0 spiro atoms. The van der Waals surface area contributed by atoms with Crippen LogP contribution in [-0.4, -0.2) is 29.0 Å². The number of benzene rings is 2. The highest BCUT2D eigenvalue weighted by molar-refractivity contribution is 6.07. The number of methoxy groups -OCH3 is 1. The molecule has 1 amide bonds. The molecule has 6 nitrogen and oxygen atoms in total. The summed E-state index contributed by atoms with van der Waals surface area (Å²) in [6.45, 7) is 1.67. The molecular weight excluding hydrogens is 284 g/mol. The quantitative estimate of drug-likeness (QED) is 0.460. The molecule has 0 saturated heterocycles. The Hall–Kier alpha value is -3.02. The predicted octanol–water partition coefficient (Wildman–Crippen LogP) is 2.85. The van der Waals surface area contributed by atoms with Gasteiger partial charge in [0.2, 0.25) is 0 Å². The maximum Gasteiger partial charge on any atom is 0.259 e. The number of rotatable bonds is 4. The molecule has 22 heavy (non-hydrogen) atoms. The number of phenols is 1. The normalized spacial score (nSPS) is 11.1. The number of carbonyl (C=O) groups excluding carboxylic acids is 1. The van der Waals surface area contributed by atoms with E-state index in [2.05, 4.69) is 10.5 Å². The Kier molecular flexibility index (Phi) is 4.63. The zero-order chi connectivity index (χ0) is 16.1. The van der Waals surface area contributed by atoms with Crippen molar-refractivity contribution in [3.8, 4) is 11.5 Å². The Labute approximate surface area is 127 Å². The number of carbonyl (C=O) groups is 1. The van der Waals surface area contributed by atoms with E-state index in [9.17, 15) is 9.90 Å². The van der Waals surface area contributed by atoms with E-state index in [-0.39, 0.29) is 17.1 Å². The summed E-state index contributed by atoms with van der Waals surface area (Å²) in [5, 5.41) is 24.5. The maximum absolute atomic E-state index is 12.2. The zero-order valence-electron chi connectivity index (χ0n) is 12.2. The molecule has 0 saturated carbocycles. The van der Waals surface area contributed by atoms with E-state index >= 15 is 0 Å². The van der Waals surface area contributed by atoms with Gasteiger partial charge in [0.25, 0.3) is 5.91 Å². The van der Waals surface area contributed by atoms with Crippen LogP contribution in [0.1, 0.15) is 22.8 Å². The molecule has 2 rings (SSSR count). The largest absolute Gasteiger partial charge is 0.504 e. The number of ether oxygens (including phenoxy) is 1. The number of nitrogens with one attached hydrogen (secondary N) is 1. The molecule has 0 aliphatic rings. The van der Waals surface area contributed by atoms with Gasteiger partial charge >= 0.3 is 0 Å². The second-order valence-electron chi connectivity index (χ2n) is 4.57. The third kappa shape index (κ3) is 3.17. The van der Waals surface area contributed by atoms with E-state index in [4.69, 9.17) is 9.94 Å². The number of anilines is 1. The van der Waals surface area contributed by atoms with Gasteiger partial charge in [-0.3, -0.25) is 4.79 Å². The molecule has 0 bridgehead atoms. The van der Waals surface area contributed by atoms with Gasteiger partial charge in [-0.05, 0) is 36.8 Å². The van der Waals surface area contributed by atoms with Crippen molar-refractivity contribution in [1.82, 2.24) is 0 Å². The minimum atomic E-state index is -0.448. The van der Waals surface area contributed by atoms with Gasteiger partial charge in [0.15, 0.2) is 11.5 Å². The first-order valence-corrected chi connectivity index (χ1v) is 6.53. The first-order chi connectivity index (χ1) is 10.6. The molecule has 0 aromatic heterocycles. The summed E-state index contributed by atoms with van der Waals surface area (Å²) in [5.41, 5.74) is 1.89. The van der Waals surface area contributed by atoms with Crippen molar-refractivity contribution in [3.63, 3.8) is 0 Å². The molecule has 0 atom stereocenters. The van der Waals surface area contributed by atoms with Crippen molar-refractivity contribution in [2.45, 2.75) is 6.92 Å². The van der Waals surface area contributed by atoms with Crippen LogP contribution in [0.25, 0.3) is 0 Å².